The quantitative estimate of drug-likeness (QED) is 0.674. The van der Waals surface area contributed by atoms with Crippen LogP contribution >= 0.6 is 0 Å². The summed E-state index contributed by atoms with van der Waals surface area (Å²) in [4.78, 5) is 0. The highest BCUT2D eigenvalue weighted by Gasteiger charge is 2.04. The number of hydrogen-bond acceptors (Lipinski definition) is 2. The molecule has 0 aromatic heterocycles. The Hall–Kier alpha value is -1.80. The zero-order valence-electron chi connectivity index (χ0n) is 13.7. The summed E-state index contributed by atoms with van der Waals surface area (Å²) in [5, 5.41) is 3.58. The maximum atomic E-state index is 5.70. The van der Waals surface area contributed by atoms with E-state index in [0.29, 0.717) is 6.04 Å². The molecule has 0 aliphatic carbocycles. The monoisotopic (exact) mass is 297 g/mol. The number of unbranched alkanes of at least 4 members (excludes halogenated alkanes) is 1. The number of hydrogen-bond donors (Lipinski definition) is 1. The molecule has 0 spiro atoms. The Kier molecular flexibility index (Phi) is 6.98. The van der Waals surface area contributed by atoms with Gasteiger partial charge in [0.1, 0.15) is 5.75 Å². The van der Waals surface area contributed by atoms with E-state index in [-0.39, 0.29) is 0 Å². The van der Waals surface area contributed by atoms with Gasteiger partial charge in [-0.3, -0.25) is 0 Å². The molecule has 1 N–H and O–H groups in total. The van der Waals surface area contributed by atoms with Crippen LogP contribution in [0.3, 0.4) is 0 Å². The van der Waals surface area contributed by atoms with Crippen LogP contribution in [0.5, 0.6) is 5.75 Å². The van der Waals surface area contributed by atoms with Gasteiger partial charge in [0.05, 0.1) is 6.61 Å². The minimum Gasteiger partial charge on any atom is -0.494 e. The lowest BCUT2D eigenvalue weighted by atomic mass is 10.1. The largest absolute Gasteiger partial charge is 0.494 e. The summed E-state index contributed by atoms with van der Waals surface area (Å²) in [5.41, 5.74) is 2.68. The fourth-order valence-electron chi connectivity index (χ4n) is 2.38. The zero-order valence-corrected chi connectivity index (χ0v) is 13.7. The molecular weight excluding hydrogens is 270 g/mol. The molecule has 2 aromatic carbocycles. The third-order valence-corrected chi connectivity index (χ3v) is 3.85. The standard InChI is InChI=1S/C20H27NO/c1-3-4-16-22-20-12-10-19(11-13-20)17(2)21-15-14-18-8-6-5-7-9-18/h5-13,17,21H,3-4,14-16H2,1-2H3. The molecule has 1 unspecified atom stereocenters. The van der Waals surface area contributed by atoms with Crippen molar-refractivity contribution in [1.29, 1.82) is 0 Å². The van der Waals surface area contributed by atoms with Crippen LogP contribution < -0.4 is 10.1 Å². The Bertz CT molecular complexity index is 521. The zero-order chi connectivity index (χ0) is 15.6. The van der Waals surface area contributed by atoms with E-state index in [1.807, 2.05) is 0 Å². The van der Waals surface area contributed by atoms with Crippen molar-refractivity contribution in [3.8, 4) is 5.75 Å². The average Bonchev–Trinajstić information content (AvgIpc) is 2.56. The Morgan fingerprint density at radius 3 is 2.41 bits per heavy atom. The second kappa shape index (κ2) is 9.26. The van der Waals surface area contributed by atoms with Crippen LogP contribution in [-0.2, 0) is 6.42 Å². The average molecular weight is 297 g/mol. The summed E-state index contributed by atoms with van der Waals surface area (Å²) in [6, 6.07) is 19.4. The Labute approximate surface area is 134 Å². The molecule has 0 saturated carbocycles. The molecule has 0 aliphatic heterocycles. The molecule has 2 aromatic rings. The molecular formula is C20H27NO. The topological polar surface area (TPSA) is 21.3 Å². The first kappa shape index (κ1) is 16.6. The van der Waals surface area contributed by atoms with Gasteiger partial charge in [-0.25, -0.2) is 0 Å². The second-order valence-corrected chi connectivity index (χ2v) is 5.68. The fourth-order valence-corrected chi connectivity index (χ4v) is 2.38. The van der Waals surface area contributed by atoms with Gasteiger partial charge in [0.2, 0.25) is 0 Å². The number of benzene rings is 2. The molecule has 2 heteroatoms. The molecule has 0 saturated heterocycles. The van der Waals surface area contributed by atoms with E-state index in [9.17, 15) is 0 Å². The van der Waals surface area contributed by atoms with Crippen molar-refractivity contribution in [2.45, 2.75) is 39.2 Å². The van der Waals surface area contributed by atoms with E-state index in [4.69, 9.17) is 4.74 Å². The van der Waals surface area contributed by atoms with Crippen molar-refractivity contribution in [1.82, 2.24) is 5.32 Å². The van der Waals surface area contributed by atoms with E-state index < -0.39 is 0 Å². The highest BCUT2D eigenvalue weighted by Crippen LogP contribution is 2.18. The first-order valence-corrected chi connectivity index (χ1v) is 8.29. The first-order valence-electron chi connectivity index (χ1n) is 8.29. The maximum absolute atomic E-state index is 5.70. The smallest absolute Gasteiger partial charge is 0.119 e. The summed E-state index contributed by atoms with van der Waals surface area (Å²) in [6.45, 7) is 6.17. The van der Waals surface area contributed by atoms with Crippen molar-refractivity contribution in [2.75, 3.05) is 13.2 Å². The molecule has 0 amide bonds. The minimum absolute atomic E-state index is 0.355. The maximum Gasteiger partial charge on any atom is 0.119 e. The number of ether oxygens (including phenoxy) is 1. The van der Waals surface area contributed by atoms with Crippen molar-refractivity contribution in [2.24, 2.45) is 0 Å². The minimum atomic E-state index is 0.355. The number of nitrogens with one attached hydrogen (secondary N) is 1. The van der Waals surface area contributed by atoms with E-state index in [0.717, 1.165) is 31.7 Å². The van der Waals surface area contributed by atoms with Gasteiger partial charge in [0.15, 0.2) is 0 Å². The lowest BCUT2D eigenvalue weighted by Gasteiger charge is -2.15. The van der Waals surface area contributed by atoms with Crippen LogP contribution in [0.4, 0.5) is 0 Å². The van der Waals surface area contributed by atoms with Crippen LogP contribution in [0.25, 0.3) is 0 Å². The summed E-state index contributed by atoms with van der Waals surface area (Å²) in [6.07, 6.45) is 3.34. The van der Waals surface area contributed by atoms with Gasteiger partial charge in [-0.15, -0.1) is 0 Å². The SMILES string of the molecule is CCCCOc1ccc(C(C)NCCc2ccccc2)cc1. The van der Waals surface area contributed by atoms with E-state index in [2.05, 4.69) is 73.8 Å². The van der Waals surface area contributed by atoms with Gasteiger partial charge in [-0.05, 0) is 49.6 Å². The van der Waals surface area contributed by atoms with E-state index in [1.54, 1.807) is 0 Å². The molecule has 0 aliphatic rings. The third kappa shape index (κ3) is 5.53. The predicted molar refractivity (Wildman–Crippen MR) is 93.4 cm³/mol. The van der Waals surface area contributed by atoms with Crippen LogP contribution in [0.15, 0.2) is 54.6 Å². The van der Waals surface area contributed by atoms with Gasteiger partial charge in [0.25, 0.3) is 0 Å². The summed E-state index contributed by atoms with van der Waals surface area (Å²) >= 11 is 0. The van der Waals surface area contributed by atoms with Crippen molar-refractivity contribution in [3.63, 3.8) is 0 Å². The van der Waals surface area contributed by atoms with Gasteiger partial charge >= 0.3 is 0 Å². The second-order valence-electron chi connectivity index (χ2n) is 5.68. The van der Waals surface area contributed by atoms with Gasteiger partial charge in [-0.1, -0.05) is 55.8 Å². The van der Waals surface area contributed by atoms with Crippen LogP contribution in [0.1, 0.15) is 43.9 Å². The molecule has 0 heterocycles. The highest BCUT2D eigenvalue weighted by molar-refractivity contribution is 5.29. The summed E-state index contributed by atoms with van der Waals surface area (Å²) in [7, 11) is 0. The fraction of sp³-hybridized carbons (Fsp3) is 0.400. The normalized spacial score (nSPS) is 12.1. The molecule has 22 heavy (non-hydrogen) atoms. The Morgan fingerprint density at radius 1 is 1.00 bits per heavy atom. The molecule has 2 nitrogen and oxygen atoms in total. The van der Waals surface area contributed by atoms with Gasteiger partial charge in [0, 0.05) is 6.04 Å². The van der Waals surface area contributed by atoms with Gasteiger partial charge in [-0.2, -0.15) is 0 Å². The molecule has 2 rings (SSSR count). The summed E-state index contributed by atoms with van der Waals surface area (Å²) in [5.74, 6) is 0.966. The predicted octanol–water partition coefficient (Wildman–Crippen LogP) is 4.76. The number of rotatable bonds is 9. The molecule has 0 radical (unpaired) electrons. The lowest BCUT2D eigenvalue weighted by molar-refractivity contribution is 0.309. The van der Waals surface area contributed by atoms with E-state index >= 15 is 0 Å². The first-order chi connectivity index (χ1) is 10.8. The van der Waals surface area contributed by atoms with Crippen molar-refractivity contribution >= 4 is 0 Å². The van der Waals surface area contributed by atoms with Crippen LogP contribution in [0, 0.1) is 0 Å². The van der Waals surface area contributed by atoms with E-state index in [1.165, 1.54) is 17.5 Å². The van der Waals surface area contributed by atoms with Crippen LogP contribution in [-0.4, -0.2) is 13.2 Å². The third-order valence-electron chi connectivity index (χ3n) is 3.85. The lowest BCUT2D eigenvalue weighted by Crippen LogP contribution is -2.21. The summed E-state index contributed by atoms with van der Waals surface area (Å²) < 4.78 is 5.70. The highest BCUT2D eigenvalue weighted by atomic mass is 16.5. The van der Waals surface area contributed by atoms with Crippen LogP contribution in [0.2, 0.25) is 0 Å². The van der Waals surface area contributed by atoms with Crippen molar-refractivity contribution in [3.05, 3.63) is 65.7 Å². The Morgan fingerprint density at radius 2 is 1.73 bits per heavy atom. The molecule has 118 valence electrons. The molecule has 0 fully saturated rings. The Balaban J connectivity index is 1.76. The molecule has 0 bridgehead atoms. The van der Waals surface area contributed by atoms with Gasteiger partial charge < -0.3 is 10.1 Å². The molecule has 1 atom stereocenters. The van der Waals surface area contributed by atoms with Crippen molar-refractivity contribution < 1.29 is 4.74 Å².